The van der Waals surface area contributed by atoms with Gasteiger partial charge < -0.3 is 14.2 Å². The summed E-state index contributed by atoms with van der Waals surface area (Å²) in [6, 6.07) is 0. The standard InChI is InChI=1S/C24H38O7/c1-7-9-11-21(30-23(27)13-17(3)25)15-19(5)29-20(6)16-22(12-10-8-2)31-24(28)14-18(4)26/h21-22H,5-16H2,1-4H3. The molecule has 0 aliphatic heterocycles. The largest absolute Gasteiger partial charge is 0.467 e. The number of ketones is 2. The van der Waals surface area contributed by atoms with Crippen molar-refractivity contribution >= 4 is 23.5 Å². The second-order valence-corrected chi connectivity index (χ2v) is 7.85. The molecule has 2 unspecified atom stereocenters. The second-order valence-electron chi connectivity index (χ2n) is 7.85. The first kappa shape index (κ1) is 28.6. The Morgan fingerprint density at radius 1 is 0.710 bits per heavy atom. The number of carbonyl (C=O) groups is 4. The van der Waals surface area contributed by atoms with Gasteiger partial charge in [-0.25, -0.2) is 0 Å². The SMILES string of the molecule is C=C(CC(CCCC)OC(=O)CC(C)=O)OC(=C)CC(CCCC)OC(=O)CC(C)=O. The van der Waals surface area contributed by atoms with Crippen LogP contribution in [0.4, 0.5) is 0 Å². The van der Waals surface area contributed by atoms with Crippen molar-refractivity contribution in [2.24, 2.45) is 0 Å². The summed E-state index contributed by atoms with van der Waals surface area (Å²) < 4.78 is 16.5. The smallest absolute Gasteiger partial charge is 0.313 e. The first-order valence-corrected chi connectivity index (χ1v) is 11.0. The van der Waals surface area contributed by atoms with Gasteiger partial charge in [-0.3, -0.25) is 19.2 Å². The van der Waals surface area contributed by atoms with Crippen LogP contribution in [0.2, 0.25) is 0 Å². The summed E-state index contributed by atoms with van der Waals surface area (Å²) in [7, 11) is 0. The van der Waals surface area contributed by atoms with Crippen molar-refractivity contribution in [3.63, 3.8) is 0 Å². The third-order valence-corrected chi connectivity index (χ3v) is 4.34. The van der Waals surface area contributed by atoms with E-state index >= 15 is 0 Å². The number of esters is 2. The van der Waals surface area contributed by atoms with Gasteiger partial charge >= 0.3 is 11.9 Å². The van der Waals surface area contributed by atoms with E-state index in [0.717, 1.165) is 25.7 Å². The number of hydrogen-bond acceptors (Lipinski definition) is 7. The second kappa shape index (κ2) is 16.3. The van der Waals surface area contributed by atoms with Crippen molar-refractivity contribution in [1.82, 2.24) is 0 Å². The van der Waals surface area contributed by atoms with Crippen molar-refractivity contribution in [1.29, 1.82) is 0 Å². The minimum Gasteiger partial charge on any atom is -0.467 e. The lowest BCUT2D eigenvalue weighted by molar-refractivity contribution is -0.152. The normalized spacial score (nSPS) is 12.4. The van der Waals surface area contributed by atoms with Gasteiger partial charge in [0, 0.05) is 12.8 Å². The predicted octanol–water partition coefficient (Wildman–Crippen LogP) is 4.97. The molecule has 0 aromatic rings. The van der Waals surface area contributed by atoms with Crippen LogP contribution in [0.15, 0.2) is 24.7 Å². The molecule has 0 aliphatic carbocycles. The molecule has 0 amide bonds. The van der Waals surface area contributed by atoms with Gasteiger partial charge in [0.1, 0.15) is 48.1 Å². The number of ether oxygens (including phenoxy) is 3. The van der Waals surface area contributed by atoms with E-state index in [9.17, 15) is 19.2 Å². The Bertz CT molecular complexity index is 582. The highest BCUT2D eigenvalue weighted by atomic mass is 16.6. The monoisotopic (exact) mass is 438 g/mol. The van der Waals surface area contributed by atoms with Crippen LogP contribution in [0.1, 0.15) is 91.9 Å². The molecule has 7 nitrogen and oxygen atoms in total. The molecule has 0 heterocycles. The minimum absolute atomic E-state index is 0.250. The molecule has 0 aliphatic rings. The summed E-state index contributed by atoms with van der Waals surface area (Å²) in [5, 5.41) is 0. The predicted molar refractivity (Wildman–Crippen MR) is 118 cm³/mol. The molecule has 0 saturated heterocycles. The quantitative estimate of drug-likeness (QED) is 0.169. The van der Waals surface area contributed by atoms with E-state index < -0.39 is 24.1 Å². The Kier molecular flexibility index (Phi) is 15.0. The Morgan fingerprint density at radius 3 is 1.35 bits per heavy atom. The van der Waals surface area contributed by atoms with Crippen molar-refractivity contribution < 1.29 is 33.4 Å². The Morgan fingerprint density at radius 2 is 1.06 bits per heavy atom. The molecule has 0 fully saturated rings. The molecule has 0 radical (unpaired) electrons. The lowest BCUT2D eigenvalue weighted by Gasteiger charge is -2.22. The lowest BCUT2D eigenvalue weighted by atomic mass is 10.1. The van der Waals surface area contributed by atoms with Crippen molar-refractivity contribution in [2.45, 2.75) is 104 Å². The van der Waals surface area contributed by atoms with Crippen LogP contribution < -0.4 is 0 Å². The summed E-state index contributed by atoms with van der Waals surface area (Å²) in [6.07, 6.45) is 4.05. The maximum Gasteiger partial charge on any atom is 0.313 e. The molecule has 0 spiro atoms. The molecule has 0 aromatic heterocycles. The van der Waals surface area contributed by atoms with Gasteiger partial charge in [0.2, 0.25) is 0 Å². The Labute approximate surface area is 186 Å². The number of Topliss-reactive ketones (excluding diaryl/α,β-unsaturated/α-hetero) is 2. The third-order valence-electron chi connectivity index (χ3n) is 4.34. The molecule has 2 atom stereocenters. The van der Waals surface area contributed by atoms with Crippen molar-refractivity contribution in [2.75, 3.05) is 0 Å². The fourth-order valence-corrected chi connectivity index (χ4v) is 2.93. The van der Waals surface area contributed by atoms with Gasteiger partial charge in [0.15, 0.2) is 0 Å². The third kappa shape index (κ3) is 16.0. The number of rotatable bonds is 18. The zero-order chi connectivity index (χ0) is 23.8. The Hall–Kier alpha value is -2.44. The van der Waals surface area contributed by atoms with Crippen molar-refractivity contribution in [3.8, 4) is 0 Å². The average Bonchev–Trinajstić information content (AvgIpc) is 2.62. The van der Waals surface area contributed by atoms with Gasteiger partial charge in [-0.15, -0.1) is 0 Å². The number of carbonyl (C=O) groups excluding carboxylic acids is 4. The molecule has 0 rings (SSSR count). The van der Waals surface area contributed by atoms with Gasteiger partial charge in [-0.05, 0) is 26.7 Å². The molecule has 176 valence electrons. The van der Waals surface area contributed by atoms with E-state index in [1.165, 1.54) is 13.8 Å². The van der Waals surface area contributed by atoms with Gasteiger partial charge in [-0.1, -0.05) is 52.7 Å². The molecule has 0 saturated carbocycles. The number of hydrogen-bond donors (Lipinski definition) is 0. The molecule has 7 heteroatoms. The highest BCUT2D eigenvalue weighted by Gasteiger charge is 2.20. The maximum atomic E-state index is 11.9. The topological polar surface area (TPSA) is 96.0 Å². The van der Waals surface area contributed by atoms with Crippen LogP contribution in [-0.2, 0) is 33.4 Å². The Balaban J connectivity index is 4.79. The first-order chi connectivity index (χ1) is 14.6. The molecule has 31 heavy (non-hydrogen) atoms. The summed E-state index contributed by atoms with van der Waals surface area (Å²) in [4.78, 5) is 45.9. The van der Waals surface area contributed by atoms with Crippen LogP contribution >= 0.6 is 0 Å². The highest BCUT2D eigenvalue weighted by molar-refractivity contribution is 5.94. The summed E-state index contributed by atoms with van der Waals surface area (Å²) in [6.45, 7) is 14.5. The molecular weight excluding hydrogens is 400 g/mol. The summed E-state index contributed by atoms with van der Waals surface area (Å²) in [5.74, 6) is -0.855. The summed E-state index contributed by atoms with van der Waals surface area (Å²) in [5.41, 5.74) is 0. The van der Waals surface area contributed by atoms with Crippen LogP contribution in [-0.4, -0.2) is 35.7 Å². The highest BCUT2D eigenvalue weighted by Crippen LogP contribution is 2.21. The molecule has 0 N–H and O–H groups in total. The van der Waals surface area contributed by atoms with Crippen LogP contribution in [0, 0.1) is 0 Å². The zero-order valence-electron chi connectivity index (χ0n) is 19.5. The van der Waals surface area contributed by atoms with E-state index in [2.05, 4.69) is 13.2 Å². The van der Waals surface area contributed by atoms with E-state index in [0.29, 0.717) is 24.4 Å². The molecule has 0 bridgehead atoms. The fraction of sp³-hybridized carbons (Fsp3) is 0.667. The van der Waals surface area contributed by atoms with E-state index in [4.69, 9.17) is 14.2 Å². The van der Waals surface area contributed by atoms with Gasteiger partial charge in [-0.2, -0.15) is 0 Å². The fourth-order valence-electron chi connectivity index (χ4n) is 2.93. The average molecular weight is 439 g/mol. The van der Waals surface area contributed by atoms with Crippen LogP contribution in [0.5, 0.6) is 0 Å². The van der Waals surface area contributed by atoms with Crippen molar-refractivity contribution in [3.05, 3.63) is 24.7 Å². The maximum absolute atomic E-state index is 11.9. The van der Waals surface area contributed by atoms with E-state index in [-0.39, 0.29) is 37.2 Å². The van der Waals surface area contributed by atoms with E-state index in [1.54, 1.807) is 0 Å². The lowest BCUT2D eigenvalue weighted by Crippen LogP contribution is -2.22. The van der Waals surface area contributed by atoms with Gasteiger partial charge in [0.05, 0.1) is 0 Å². The van der Waals surface area contributed by atoms with Crippen LogP contribution in [0.3, 0.4) is 0 Å². The molecule has 0 aromatic carbocycles. The minimum atomic E-state index is -0.558. The molecular formula is C24H38O7. The first-order valence-electron chi connectivity index (χ1n) is 11.0. The number of unbranched alkanes of at least 4 members (excludes halogenated alkanes) is 2. The van der Waals surface area contributed by atoms with Crippen LogP contribution in [0.25, 0.3) is 0 Å². The zero-order valence-corrected chi connectivity index (χ0v) is 19.5. The summed E-state index contributed by atoms with van der Waals surface area (Å²) >= 11 is 0. The van der Waals surface area contributed by atoms with Gasteiger partial charge in [0.25, 0.3) is 0 Å². The van der Waals surface area contributed by atoms with E-state index in [1.807, 2.05) is 13.8 Å².